The highest BCUT2D eigenvalue weighted by molar-refractivity contribution is 6.32. The second-order valence-electron chi connectivity index (χ2n) is 13.1. The number of ether oxygens (including phenoxy) is 1. The SMILES string of the molecule is CCC(=O)N[C@@H](Cc1ccc2ccccc2c1)C(=O)N[C@H](C(=O)N[C@@H](CCCCN)C(=O)N[C@@H]1CCOc2c(Cl)cccc21)C1CCCC1. The average Bonchev–Trinajstić information content (AvgIpc) is 3.65. The molecular weight excluding hydrogens is 642 g/mol. The minimum atomic E-state index is -0.880. The van der Waals surface area contributed by atoms with Crippen LogP contribution in [0.5, 0.6) is 5.75 Å². The average molecular weight is 690 g/mol. The fourth-order valence-electron chi connectivity index (χ4n) is 6.88. The first kappa shape index (κ1) is 36.1. The molecule has 4 atom stereocenters. The second-order valence-corrected chi connectivity index (χ2v) is 13.5. The normalized spacial score (nSPS) is 17.7. The first-order chi connectivity index (χ1) is 23.8. The lowest BCUT2D eigenvalue weighted by Gasteiger charge is -2.31. The summed E-state index contributed by atoms with van der Waals surface area (Å²) in [7, 11) is 0. The van der Waals surface area contributed by atoms with E-state index in [1.165, 1.54) is 0 Å². The van der Waals surface area contributed by atoms with Crippen LogP contribution >= 0.6 is 11.6 Å². The standard InChI is InChI=1S/C38H48ClN5O5/c1-2-33(45)41-32(23-24-17-18-25-10-3-6-13-27(25)22-24)37(47)44-34(26-11-4-5-12-26)38(48)43-31(16-7-8-20-40)36(46)42-30-19-21-49-35-28(30)14-9-15-29(35)39/h3,6,9-10,13-15,17-18,22,26,30-32,34H,2,4-5,7-8,11-12,16,19-21,23,40H2,1H3,(H,41,45)(H,42,46)(H,43,48)(H,44,47)/t30-,31+,32+,34+/m1/s1. The Morgan fingerprint density at radius 2 is 1.63 bits per heavy atom. The zero-order valence-corrected chi connectivity index (χ0v) is 28.9. The number of halogens is 1. The van der Waals surface area contributed by atoms with Gasteiger partial charge in [-0.25, -0.2) is 0 Å². The topological polar surface area (TPSA) is 152 Å². The van der Waals surface area contributed by atoms with Crippen molar-refractivity contribution in [3.63, 3.8) is 0 Å². The lowest BCUT2D eigenvalue weighted by atomic mass is 9.95. The fraction of sp³-hybridized carbons (Fsp3) is 0.474. The van der Waals surface area contributed by atoms with Crippen LogP contribution < -0.4 is 31.7 Å². The third kappa shape index (κ3) is 9.51. The van der Waals surface area contributed by atoms with E-state index in [0.717, 1.165) is 47.6 Å². The highest BCUT2D eigenvalue weighted by atomic mass is 35.5. The molecule has 3 aromatic rings. The first-order valence-corrected chi connectivity index (χ1v) is 17.9. The van der Waals surface area contributed by atoms with Crippen LogP contribution in [0.3, 0.4) is 0 Å². The molecule has 0 radical (unpaired) electrons. The van der Waals surface area contributed by atoms with Crippen molar-refractivity contribution >= 4 is 46.0 Å². The van der Waals surface area contributed by atoms with Crippen LogP contribution in [-0.4, -0.2) is 54.9 Å². The third-order valence-corrected chi connectivity index (χ3v) is 9.90. The summed E-state index contributed by atoms with van der Waals surface area (Å²) in [5.74, 6) is -0.942. The molecule has 0 aromatic heterocycles. The molecule has 5 rings (SSSR count). The van der Waals surface area contributed by atoms with E-state index in [1.54, 1.807) is 13.0 Å². The number of fused-ring (bicyclic) bond motifs is 2. The van der Waals surface area contributed by atoms with Gasteiger partial charge in [0.15, 0.2) is 0 Å². The molecule has 262 valence electrons. The molecule has 0 unspecified atom stereocenters. The minimum Gasteiger partial charge on any atom is -0.492 e. The summed E-state index contributed by atoms with van der Waals surface area (Å²) >= 11 is 6.36. The Bertz CT molecular complexity index is 1630. The molecule has 1 saturated carbocycles. The number of rotatable bonds is 15. The van der Waals surface area contributed by atoms with Crippen LogP contribution in [0.4, 0.5) is 0 Å². The Balaban J connectivity index is 1.33. The van der Waals surface area contributed by atoms with E-state index in [9.17, 15) is 19.2 Å². The van der Waals surface area contributed by atoms with Gasteiger partial charge in [0, 0.05) is 24.8 Å². The number of para-hydroxylation sites is 1. The number of benzene rings is 3. The van der Waals surface area contributed by atoms with E-state index in [0.29, 0.717) is 49.6 Å². The smallest absolute Gasteiger partial charge is 0.243 e. The van der Waals surface area contributed by atoms with E-state index in [4.69, 9.17) is 22.1 Å². The van der Waals surface area contributed by atoms with Crippen molar-refractivity contribution in [2.75, 3.05) is 13.2 Å². The highest BCUT2D eigenvalue weighted by Gasteiger charge is 2.36. The van der Waals surface area contributed by atoms with Gasteiger partial charge in [0.1, 0.15) is 23.9 Å². The largest absolute Gasteiger partial charge is 0.492 e. The van der Waals surface area contributed by atoms with Gasteiger partial charge in [0.2, 0.25) is 23.6 Å². The molecule has 0 saturated heterocycles. The molecule has 1 heterocycles. The zero-order chi connectivity index (χ0) is 34.8. The van der Waals surface area contributed by atoms with Gasteiger partial charge < -0.3 is 31.7 Å². The number of amides is 4. The lowest BCUT2D eigenvalue weighted by molar-refractivity contribution is -0.135. The first-order valence-electron chi connectivity index (χ1n) is 17.6. The van der Waals surface area contributed by atoms with Gasteiger partial charge >= 0.3 is 0 Å². The van der Waals surface area contributed by atoms with E-state index in [1.807, 2.05) is 54.6 Å². The molecule has 0 spiro atoms. The van der Waals surface area contributed by atoms with E-state index in [-0.39, 0.29) is 36.6 Å². The Labute approximate surface area is 293 Å². The summed E-state index contributed by atoms with van der Waals surface area (Å²) in [6, 6.07) is 16.5. The number of carbonyl (C=O) groups is 4. The Hall–Kier alpha value is -4.15. The van der Waals surface area contributed by atoms with Crippen LogP contribution in [0.1, 0.15) is 81.9 Å². The number of nitrogens with one attached hydrogen (secondary N) is 4. The monoisotopic (exact) mass is 689 g/mol. The fourth-order valence-corrected chi connectivity index (χ4v) is 7.12. The van der Waals surface area contributed by atoms with Gasteiger partial charge in [0.05, 0.1) is 17.7 Å². The van der Waals surface area contributed by atoms with Crippen molar-refractivity contribution < 1.29 is 23.9 Å². The quantitative estimate of drug-likeness (QED) is 0.144. The molecule has 1 fully saturated rings. The predicted octanol–water partition coefficient (Wildman–Crippen LogP) is 4.86. The predicted molar refractivity (Wildman–Crippen MR) is 191 cm³/mol. The van der Waals surface area contributed by atoms with Crippen LogP contribution in [0.25, 0.3) is 10.8 Å². The summed E-state index contributed by atoms with van der Waals surface area (Å²) in [5, 5.41) is 14.6. The van der Waals surface area contributed by atoms with Gasteiger partial charge in [-0.05, 0) is 67.0 Å². The summed E-state index contributed by atoms with van der Waals surface area (Å²) in [6.07, 6.45) is 6.23. The van der Waals surface area contributed by atoms with Crippen molar-refractivity contribution in [3.8, 4) is 5.75 Å². The van der Waals surface area contributed by atoms with Crippen LogP contribution in [0.2, 0.25) is 5.02 Å². The Morgan fingerprint density at radius 1 is 0.857 bits per heavy atom. The zero-order valence-electron chi connectivity index (χ0n) is 28.1. The number of nitrogens with two attached hydrogens (primary N) is 1. The summed E-state index contributed by atoms with van der Waals surface area (Å²) < 4.78 is 5.77. The molecule has 6 N–H and O–H groups in total. The molecule has 49 heavy (non-hydrogen) atoms. The Kier molecular flexibility index (Phi) is 12.9. The van der Waals surface area contributed by atoms with Crippen LogP contribution in [0, 0.1) is 5.92 Å². The molecule has 1 aliphatic carbocycles. The van der Waals surface area contributed by atoms with E-state index < -0.39 is 29.9 Å². The summed E-state index contributed by atoms with van der Waals surface area (Å²) in [4.78, 5) is 54.4. The molecule has 10 nitrogen and oxygen atoms in total. The van der Waals surface area contributed by atoms with Crippen LogP contribution in [-0.2, 0) is 25.6 Å². The third-order valence-electron chi connectivity index (χ3n) is 9.60. The number of carbonyl (C=O) groups excluding carboxylic acids is 4. The second kappa shape index (κ2) is 17.5. The molecule has 1 aliphatic heterocycles. The van der Waals surface area contributed by atoms with Gasteiger partial charge in [0.25, 0.3) is 0 Å². The lowest BCUT2D eigenvalue weighted by Crippen LogP contribution is -2.59. The van der Waals surface area contributed by atoms with E-state index in [2.05, 4.69) is 21.3 Å². The van der Waals surface area contributed by atoms with Crippen LogP contribution in [0.15, 0.2) is 60.7 Å². The van der Waals surface area contributed by atoms with Gasteiger partial charge in [-0.15, -0.1) is 0 Å². The molecule has 0 bridgehead atoms. The van der Waals surface area contributed by atoms with Gasteiger partial charge in [-0.3, -0.25) is 19.2 Å². The maximum Gasteiger partial charge on any atom is 0.243 e. The van der Waals surface area contributed by atoms with Gasteiger partial charge in [-0.2, -0.15) is 0 Å². The number of hydrogen-bond acceptors (Lipinski definition) is 6. The maximum atomic E-state index is 14.1. The van der Waals surface area contributed by atoms with Crippen molar-refractivity contribution in [2.24, 2.45) is 11.7 Å². The Morgan fingerprint density at radius 3 is 2.39 bits per heavy atom. The summed E-state index contributed by atoms with van der Waals surface area (Å²) in [6.45, 7) is 2.60. The molecular formula is C38H48ClN5O5. The summed E-state index contributed by atoms with van der Waals surface area (Å²) in [5.41, 5.74) is 7.44. The highest BCUT2D eigenvalue weighted by Crippen LogP contribution is 2.37. The van der Waals surface area contributed by atoms with Crippen molar-refractivity contribution in [2.45, 2.75) is 95.3 Å². The minimum absolute atomic E-state index is 0.0931. The molecule has 4 amide bonds. The van der Waals surface area contributed by atoms with E-state index >= 15 is 0 Å². The van der Waals surface area contributed by atoms with Crippen molar-refractivity contribution in [3.05, 3.63) is 76.8 Å². The van der Waals surface area contributed by atoms with Gasteiger partial charge in [-0.1, -0.05) is 86.0 Å². The maximum absolute atomic E-state index is 14.1. The van der Waals surface area contributed by atoms with Crippen molar-refractivity contribution in [1.82, 2.24) is 21.3 Å². The molecule has 3 aromatic carbocycles. The van der Waals surface area contributed by atoms with Crippen molar-refractivity contribution in [1.29, 1.82) is 0 Å². The number of hydrogen-bond donors (Lipinski definition) is 5. The molecule has 2 aliphatic rings. The molecule has 11 heteroatoms. The number of unbranched alkanes of at least 4 members (excludes halogenated alkanes) is 1.